The minimum atomic E-state index is -3.59. The van der Waals surface area contributed by atoms with Gasteiger partial charge in [0.05, 0.1) is 22.5 Å². The summed E-state index contributed by atoms with van der Waals surface area (Å²) >= 11 is 5.77. The molecule has 114 valence electrons. The third kappa shape index (κ3) is 2.85. The van der Waals surface area contributed by atoms with E-state index in [9.17, 15) is 8.42 Å². The Kier molecular flexibility index (Phi) is 3.90. The number of hydrogen-bond acceptors (Lipinski definition) is 3. The lowest BCUT2D eigenvalue weighted by atomic mass is 10.3. The van der Waals surface area contributed by atoms with Crippen LogP contribution in [0.25, 0.3) is 11.0 Å². The molecule has 0 fully saturated rings. The molecule has 0 aliphatic rings. The van der Waals surface area contributed by atoms with Gasteiger partial charge in [0.1, 0.15) is 5.82 Å². The summed E-state index contributed by atoms with van der Waals surface area (Å²) in [6.45, 7) is 0.121. The van der Waals surface area contributed by atoms with E-state index in [0.29, 0.717) is 10.8 Å². The molecule has 7 heteroatoms. The zero-order valence-electron chi connectivity index (χ0n) is 11.8. The Morgan fingerprint density at radius 3 is 2.50 bits per heavy atom. The Balaban J connectivity index is 1.84. The summed E-state index contributed by atoms with van der Waals surface area (Å²) < 4.78 is 28.9. The van der Waals surface area contributed by atoms with Gasteiger partial charge in [-0.15, -0.1) is 0 Å². The standard InChI is InChI=1S/C15H14ClN3O2S/c1-19-14-5-3-2-4-13(14)18-15(19)10-17-22(20,21)12-8-6-11(16)7-9-12/h2-9,17H,10H2,1H3. The van der Waals surface area contributed by atoms with E-state index in [0.717, 1.165) is 11.0 Å². The first kappa shape index (κ1) is 15.0. The maximum Gasteiger partial charge on any atom is 0.240 e. The highest BCUT2D eigenvalue weighted by atomic mass is 35.5. The van der Waals surface area contributed by atoms with Crippen molar-refractivity contribution in [2.75, 3.05) is 0 Å². The molecule has 0 radical (unpaired) electrons. The van der Waals surface area contributed by atoms with Gasteiger partial charge in [-0.2, -0.15) is 0 Å². The fourth-order valence-corrected chi connectivity index (χ4v) is 3.32. The van der Waals surface area contributed by atoms with Crippen LogP contribution in [0.4, 0.5) is 0 Å². The first-order valence-corrected chi connectivity index (χ1v) is 8.49. The van der Waals surface area contributed by atoms with Gasteiger partial charge in [-0.3, -0.25) is 0 Å². The number of hydrogen-bond donors (Lipinski definition) is 1. The van der Waals surface area contributed by atoms with Crippen LogP contribution in [-0.2, 0) is 23.6 Å². The van der Waals surface area contributed by atoms with Crippen molar-refractivity contribution in [2.45, 2.75) is 11.4 Å². The van der Waals surface area contributed by atoms with Crippen molar-refractivity contribution in [1.82, 2.24) is 14.3 Å². The highest BCUT2D eigenvalue weighted by Gasteiger charge is 2.15. The van der Waals surface area contributed by atoms with Crippen molar-refractivity contribution < 1.29 is 8.42 Å². The van der Waals surface area contributed by atoms with E-state index in [1.165, 1.54) is 12.1 Å². The van der Waals surface area contributed by atoms with Crippen LogP contribution >= 0.6 is 11.6 Å². The van der Waals surface area contributed by atoms with Gasteiger partial charge in [0.25, 0.3) is 0 Å². The van der Waals surface area contributed by atoms with E-state index in [1.54, 1.807) is 12.1 Å². The van der Waals surface area contributed by atoms with Crippen LogP contribution in [0.15, 0.2) is 53.4 Å². The quantitative estimate of drug-likeness (QED) is 0.797. The molecule has 0 saturated carbocycles. The predicted molar refractivity (Wildman–Crippen MR) is 86.2 cm³/mol. The average Bonchev–Trinajstić information content (AvgIpc) is 2.83. The number of halogens is 1. The summed E-state index contributed by atoms with van der Waals surface area (Å²) in [7, 11) is -1.73. The monoisotopic (exact) mass is 335 g/mol. The van der Waals surface area contributed by atoms with Gasteiger partial charge >= 0.3 is 0 Å². The summed E-state index contributed by atoms with van der Waals surface area (Å²) in [5.74, 6) is 0.652. The first-order chi connectivity index (χ1) is 10.5. The van der Waals surface area contributed by atoms with E-state index >= 15 is 0 Å². The Morgan fingerprint density at radius 2 is 1.82 bits per heavy atom. The molecular formula is C15H14ClN3O2S. The summed E-state index contributed by atoms with van der Waals surface area (Å²) in [4.78, 5) is 4.61. The van der Waals surface area contributed by atoms with Crippen LogP contribution in [0.5, 0.6) is 0 Å². The normalized spacial score (nSPS) is 11.9. The minimum absolute atomic E-state index is 0.121. The van der Waals surface area contributed by atoms with Crippen molar-refractivity contribution in [3.63, 3.8) is 0 Å². The highest BCUT2D eigenvalue weighted by molar-refractivity contribution is 7.89. The van der Waals surface area contributed by atoms with Gasteiger partial charge < -0.3 is 4.57 Å². The summed E-state index contributed by atoms with van der Waals surface area (Å²) in [5.41, 5.74) is 1.80. The predicted octanol–water partition coefficient (Wildman–Crippen LogP) is 2.71. The Labute approximate surface area is 133 Å². The average molecular weight is 336 g/mol. The molecule has 0 aliphatic heterocycles. The number of sulfonamides is 1. The number of imidazole rings is 1. The maximum absolute atomic E-state index is 12.3. The fourth-order valence-electron chi connectivity index (χ4n) is 2.21. The van der Waals surface area contributed by atoms with Crippen LogP contribution in [0.1, 0.15) is 5.82 Å². The van der Waals surface area contributed by atoms with Crippen LogP contribution in [-0.4, -0.2) is 18.0 Å². The topological polar surface area (TPSA) is 64.0 Å². The van der Waals surface area contributed by atoms with Crippen molar-refractivity contribution >= 4 is 32.7 Å². The zero-order chi connectivity index (χ0) is 15.7. The Hall–Kier alpha value is -1.89. The molecule has 1 heterocycles. The molecule has 0 amide bonds. The highest BCUT2D eigenvalue weighted by Crippen LogP contribution is 2.16. The molecule has 5 nitrogen and oxygen atoms in total. The largest absolute Gasteiger partial charge is 0.330 e. The zero-order valence-corrected chi connectivity index (χ0v) is 13.4. The first-order valence-electron chi connectivity index (χ1n) is 6.63. The van der Waals surface area contributed by atoms with E-state index in [4.69, 9.17) is 11.6 Å². The van der Waals surface area contributed by atoms with E-state index in [2.05, 4.69) is 9.71 Å². The SMILES string of the molecule is Cn1c(CNS(=O)(=O)c2ccc(Cl)cc2)nc2ccccc21. The molecule has 1 aromatic heterocycles. The summed E-state index contributed by atoms with van der Waals surface area (Å²) in [5, 5.41) is 0.495. The second kappa shape index (κ2) is 5.72. The number of para-hydroxylation sites is 2. The van der Waals surface area contributed by atoms with Crippen molar-refractivity contribution in [2.24, 2.45) is 7.05 Å². The second-order valence-electron chi connectivity index (χ2n) is 4.85. The number of benzene rings is 2. The van der Waals surface area contributed by atoms with E-state index < -0.39 is 10.0 Å². The number of fused-ring (bicyclic) bond motifs is 1. The van der Waals surface area contributed by atoms with Crippen molar-refractivity contribution in [3.05, 3.63) is 59.4 Å². The Morgan fingerprint density at radius 1 is 1.14 bits per heavy atom. The molecule has 0 saturated heterocycles. The molecule has 2 aromatic carbocycles. The molecule has 1 N–H and O–H groups in total. The van der Waals surface area contributed by atoms with Crippen LogP contribution in [0, 0.1) is 0 Å². The molecule has 0 unspecified atom stereocenters. The van der Waals surface area contributed by atoms with Crippen molar-refractivity contribution in [3.8, 4) is 0 Å². The Bertz CT molecular complexity index is 918. The molecule has 22 heavy (non-hydrogen) atoms. The van der Waals surface area contributed by atoms with Crippen LogP contribution in [0.3, 0.4) is 0 Å². The van der Waals surface area contributed by atoms with Gasteiger partial charge in [-0.05, 0) is 36.4 Å². The summed E-state index contributed by atoms with van der Waals surface area (Å²) in [6, 6.07) is 13.7. The van der Waals surface area contributed by atoms with Gasteiger partial charge in [0, 0.05) is 12.1 Å². The van der Waals surface area contributed by atoms with Gasteiger partial charge in [-0.25, -0.2) is 18.1 Å². The molecule has 0 bridgehead atoms. The van der Waals surface area contributed by atoms with Crippen LogP contribution < -0.4 is 4.72 Å². The van der Waals surface area contributed by atoms with Gasteiger partial charge in [0.15, 0.2) is 0 Å². The number of rotatable bonds is 4. The number of nitrogens with one attached hydrogen (secondary N) is 1. The third-order valence-electron chi connectivity index (χ3n) is 3.42. The third-order valence-corrected chi connectivity index (χ3v) is 5.09. The van der Waals surface area contributed by atoms with E-state index in [-0.39, 0.29) is 11.4 Å². The van der Waals surface area contributed by atoms with E-state index in [1.807, 2.05) is 35.9 Å². The minimum Gasteiger partial charge on any atom is -0.330 e. The van der Waals surface area contributed by atoms with Crippen LogP contribution in [0.2, 0.25) is 5.02 Å². The molecular weight excluding hydrogens is 322 g/mol. The smallest absolute Gasteiger partial charge is 0.240 e. The molecule has 0 spiro atoms. The molecule has 3 aromatic rings. The number of aryl methyl sites for hydroxylation is 1. The fraction of sp³-hybridized carbons (Fsp3) is 0.133. The molecule has 3 rings (SSSR count). The van der Waals surface area contributed by atoms with Gasteiger partial charge in [-0.1, -0.05) is 23.7 Å². The lowest BCUT2D eigenvalue weighted by Crippen LogP contribution is -2.24. The maximum atomic E-state index is 12.3. The lowest BCUT2D eigenvalue weighted by Gasteiger charge is -2.07. The summed E-state index contributed by atoms with van der Waals surface area (Å²) in [6.07, 6.45) is 0. The number of nitrogens with zero attached hydrogens (tertiary/aromatic N) is 2. The second-order valence-corrected chi connectivity index (χ2v) is 7.06. The van der Waals surface area contributed by atoms with Crippen molar-refractivity contribution in [1.29, 1.82) is 0 Å². The molecule has 0 atom stereocenters. The van der Waals surface area contributed by atoms with Gasteiger partial charge in [0.2, 0.25) is 10.0 Å². The lowest BCUT2D eigenvalue weighted by molar-refractivity contribution is 0.578. The number of aromatic nitrogens is 2. The molecule has 0 aliphatic carbocycles.